The number of nitrogens with one attached hydrogen (secondary N) is 1. The molecule has 0 aliphatic carbocycles. The van der Waals surface area contributed by atoms with Crippen molar-refractivity contribution >= 4 is 23.6 Å². The summed E-state index contributed by atoms with van der Waals surface area (Å²) in [7, 11) is 1.58. The van der Waals surface area contributed by atoms with Gasteiger partial charge in [-0.05, 0) is 0 Å². The van der Waals surface area contributed by atoms with Gasteiger partial charge in [0, 0.05) is 26.3 Å². The average molecular weight is 188 g/mol. The topological polar surface area (TPSA) is 49.4 Å². The molecule has 1 aliphatic heterocycles. The third kappa shape index (κ3) is 1.72. The highest BCUT2D eigenvalue weighted by molar-refractivity contribution is 8.00. The van der Waals surface area contributed by atoms with E-state index < -0.39 is 0 Å². The Morgan fingerprint density at radius 2 is 2.25 bits per heavy atom. The predicted octanol–water partition coefficient (Wildman–Crippen LogP) is -0.346. The average Bonchev–Trinajstić information content (AvgIpc) is 2.50. The molecule has 1 N–H and O–H groups in total. The lowest BCUT2D eigenvalue weighted by Gasteiger charge is -2.20. The van der Waals surface area contributed by atoms with Gasteiger partial charge in [0.25, 0.3) is 5.91 Å². The fourth-order valence-corrected chi connectivity index (χ4v) is 2.36. The first kappa shape index (κ1) is 9.38. The van der Waals surface area contributed by atoms with E-state index in [2.05, 4.69) is 5.32 Å². The number of rotatable bonds is 1. The quantitative estimate of drug-likeness (QED) is 0.612. The summed E-state index contributed by atoms with van der Waals surface area (Å²) in [5.41, 5.74) is 0. The van der Waals surface area contributed by atoms with Crippen molar-refractivity contribution in [1.29, 1.82) is 0 Å². The molecule has 68 valence electrons. The van der Waals surface area contributed by atoms with Crippen LogP contribution in [-0.4, -0.2) is 41.4 Å². The molecule has 1 aliphatic rings. The summed E-state index contributed by atoms with van der Waals surface area (Å²) in [6.07, 6.45) is 0. The first-order valence-electron chi connectivity index (χ1n) is 3.77. The maximum Gasteiger partial charge on any atom is 0.253 e. The van der Waals surface area contributed by atoms with E-state index in [1.54, 1.807) is 11.9 Å². The van der Waals surface area contributed by atoms with Crippen LogP contribution in [0.4, 0.5) is 0 Å². The van der Waals surface area contributed by atoms with Gasteiger partial charge in [0.2, 0.25) is 5.91 Å². The molecule has 1 atom stereocenters. The molecule has 1 heterocycles. The van der Waals surface area contributed by atoms with Crippen LogP contribution in [0.2, 0.25) is 0 Å². The zero-order valence-corrected chi connectivity index (χ0v) is 7.98. The van der Waals surface area contributed by atoms with E-state index in [1.807, 2.05) is 0 Å². The SMILES string of the molecule is CNC(=O)[C@@H]1SCCN1C(C)=O. The molecule has 1 rings (SSSR count). The van der Waals surface area contributed by atoms with Gasteiger partial charge in [0.05, 0.1) is 0 Å². The molecule has 0 aromatic rings. The van der Waals surface area contributed by atoms with Gasteiger partial charge >= 0.3 is 0 Å². The smallest absolute Gasteiger partial charge is 0.253 e. The fourth-order valence-electron chi connectivity index (χ4n) is 1.13. The minimum absolute atomic E-state index is 0.0337. The van der Waals surface area contributed by atoms with E-state index in [0.717, 1.165) is 5.75 Å². The van der Waals surface area contributed by atoms with Crippen LogP contribution in [-0.2, 0) is 9.59 Å². The molecule has 0 radical (unpaired) electrons. The summed E-state index contributed by atoms with van der Waals surface area (Å²) in [6, 6.07) is 0. The van der Waals surface area contributed by atoms with Crippen molar-refractivity contribution in [2.24, 2.45) is 0 Å². The monoisotopic (exact) mass is 188 g/mol. The molecular formula is C7H12N2O2S. The molecule has 12 heavy (non-hydrogen) atoms. The lowest BCUT2D eigenvalue weighted by molar-refractivity contribution is -0.134. The van der Waals surface area contributed by atoms with Gasteiger partial charge in [-0.25, -0.2) is 0 Å². The minimum Gasteiger partial charge on any atom is -0.357 e. The Morgan fingerprint density at radius 1 is 1.58 bits per heavy atom. The van der Waals surface area contributed by atoms with Crippen molar-refractivity contribution in [3.05, 3.63) is 0 Å². The van der Waals surface area contributed by atoms with Gasteiger partial charge in [-0.3, -0.25) is 9.59 Å². The van der Waals surface area contributed by atoms with E-state index in [0.29, 0.717) is 6.54 Å². The first-order chi connectivity index (χ1) is 5.66. The number of amides is 2. The highest BCUT2D eigenvalue weighted by Gasteiger charge is 2.32. The van der Waals surface area contributed by atoms with Crippen molar-refractivity contribution in [3.63, 3.8) is 0 Å². The molecule has 1 saturated heterocycles. The van der Waals surface area contributed by atoms with Crippen LogP contribution >= 0.6 is 11.8 Å². The third-order valence-electron chi connectivity index (χ3n) is 1.77. The van der Waals surface area contributed by atoms with E-state index in [-0.39, 0.29) is 17.2 Å². The first-order valence-corrected chi connectivity index (χ1v) is 4.82. The highest BCUT2D eigenvalue weighted by Crippen LogP contribution is 2.23. The minimum atomic E-state index is -0.313. The number of nitrogens with zero attached hydrogens (tertiary/aromatic N) is 1. The molecule has 0 spiro atoms. The number of thioether (sulfide) groups is 1. The molecule has 0 aromatic heterocycles. The third-order valence-corrected chi connectivity index (χ3v) is 2.97. The van der Waals surface area contributed by atoms with E-state index >= 15 is 0 Å². The van der Waals surface area contributed by atoms with Crippen LogP contribution in [0.15, 0.2) is 0 Å². The second-order valence-corrected chi connectivity index (χ2v) is 3.74. The molecule has 5 heteroatoms. The van der Waals surface area contributed by atoms with Crippen molar-refractivity contribution in [2.45, 2.75) is 12.3 Å². The van der Waals surface area contributed by atoms with Crippen LogP contribution in [0.25, 0.3) is 0 Å². The molecule has 2 amide bonds. The van der Waals surface area contributed by atoms with Gasteiger partial charge in [-0.1, -0.05) is 0 Å². The fraction of sp³-hybridized carbons (Fsp3) is 0.714. The van der Waals surface area contributed by atoms with Gasteiger partial charge in [0.15, 0.2) is 5.37 Å². The second-order valence-electron chi connectivity index (χ2n) is 2.55. The van der Waals surface area contributed by atoms with Gasteiger partial charge < -0.3 is 10.2 Å². The molecular weight excluding hydrogens is 176 g/mol. The van der Waals surface area contributed by atoms with Crippen LogP contribution in [0, 0.1) is 0 Å². The van der Waals surface area contributed by atoms with Crippen molar-refractivity contribution in [1.82, 2.24) is 10.2 Å². The Balaban J connectivity index is 2.63. The van der Waals surface area contributed by atoms with Crippen molar-refractivity contribution in [2.75, 3.05) is 19.3 Å². The number of likely N-dealkylation sites (N-methyl/N-ethyl adjacent to an activating group) is 1. The Hall–Kier alpha value is -0.710. The van der Waals surface area contributed by atoms with Crippen LogP contribution in [0.5, 0.6) is 0 Å². The Morgan fingerprint density at radius 3 is 2.75 bits per heavy atom. The Labute approximate surface area is 75.7 Å². The maximum absolute atomic E-state index is 11.2. The van der Waals surface area contributed by atoms with Gasteiger partial charge in [-0.2, -0.15) is 0 Å². The molecule has 0 saturated carbocycles. The molecule has 0 unspecified atom stereocenters. The largest absolute Gasteiger partial charge is 0.357 e. The molecule has 0 bridgehead atoms. The normalized spacial score (nSPS) is 22.5. The summed E-state index contributed by atoms with van der Waals surface area (Å²) >= 11 is 1.50. The summed E-state index contributed by atoms with van der Waals surface area (Å²) < 4.78 is 0. The molecule has 4 nitrogen and oxygen atoms in total. The van der Waals surface area contributed by atoms with Crippen molar-refractivity contribution < 1.29 is 9.59 Å². The van der Waals surface area contributed by atoms with E-state index in [9.17, 15) is 9.59 Å². The number of hydrogen-bond acceptors (Lipinski definition) is 3. The van der Waals surface area contributed by atoms with E-state index in [1.165, 1.54) is 18.7 Å². The summed E-state index contributed by atoms with van der Waals surface area (Å²) in [5, 5.41) is 2.23. The Bertz CT molecular complexity index is 208. The number of carbonyl (C=O) groups is 2. The zero-order chi connectivity index (χ0) is 9.14. The Kier molecular flexibility index (Phi) is 2.97. The number of carbonyl (C=O) groups excluding carboxylic acids is 2. The van der Waals surface area contributed by atoms with Gasteiger partial charge in [0.1, 0.15) is 0 Å². The standard InChI is InChI=1S/C7H12N2O2S/c1-5(10)9-3-4-12-7(9)6(11)8-2/h7H,3-4H2,1-2H3,(H,8,11)/t7-/m0/s1. The van der Waals surface area contributed by atoms with Crippen LogP contribution < -0.4 is 5.32 Å². The lowest BCUT2D eigenvalue weighted by Crippen LogP contribution is -2.42. The summed E-state index contributed by atoms with van der Waals surface area (Å²) in [6.45, 7) is 2.17. The van der Waals surface area contributed by atoms with Gasteiger partial charge in [-0.15, -0.1) is 11.8 Å². The van der Waals surface area contributed by atoms with E-state index in [4.69, 9.17) is 0 Å². The zero-order valence-electron chi connectivity index (χ0n) is 7.16. The van der Waals surface area contributed by atoms with Crippen LogP contribution in [0.1, 0.15) is 6.92 Å². The van der Waals surface area contributed by atoms with Crippen LogP contribution in [0.3, 0.4) is 0 Å². The summed E-state index contributed by atoms with van der Waals surface area (Å²) in [5.74, 6) is 0.721. The van der Waals surface area contributed by atoms with Crippen molar-refractivity contribution in [3.8, 4) is 0 Å². The summed E-state index contributed by atoms with van der Waals surface area (Å²) in [4.78, 5) is 23.8. The maximum atomic E-state index is 11.2. The lowest BCUT2D eigenvalue weighted by atomic mass is 10.4. The molecule has 0 aromatic carbocycles. The highest BCUT2D eigenvalue weighted by atomic mass is 32.2. The predicted molar refractivity (Wildman–Crippen MR) is 47.7 cm³/mol. The molecule has 1 fully saturated rings. The number of hydrogen-bond donors (Lipinski definition) is 1. The second kappa shape index (κ2) is 3.80.